The zero-order valence-electron chi connectivity index (χ0n) is 14.3. The Balaban J connectivity index is 2.17. The van der Waals surface area contributed by atoms with Crippen molar-refractivity contribution in [2.45, 2.75) is 6.92 Å². The highest BCUT2D eigenvalue weighted by Crippen LogP contribution is 2.38. The summed E-state index contributed by atoms with van der Waals surface area (Å²) in [5.74, 6) is 1.38. The summed E-state index contributed by atoms with van der Waals surface area (Å²) in [5.41, 5.74) is 2.61. The van der Waals surface area contributed by atoms with Crippen LogP contribution in [0.15, 0.2) is 42.5 Å². The number of ether oxygens (including phenoxy) is 3. The van der Waals surface area contributed by atoms with E-state index in [9.17, 15) is 4.79 Å². The smallest absolute Gasteiger partial charge is 0.248 e. The fraction of sp³-hybridized carbons (Fsp3) is 0.211. The van der Waals surface area contributed by atoms with Crippen molar-refractivity contribution in [1.29, 1.82) is 0 Å². The number of aryl methyl sites for hydroxylation is 1. The SMILES string of the molecule is COc1cc(/C=C/C(=O)Nc2cccc(C)c2)cc(OC)c1OC. The normalized spacial score (nSPS) is 10.5. The highest BCUT2D eigenvalue weighted by atomic mass is 16.5. The van der Waals surface area contributed by atoms with E-state index in [4.69, 9.17) is 14.2 Å². The van der Waals surface area contributed by atoms with E-state index in [1.807, 2.05) is 31.2 Å². The number of hydrogen-bond acceptors (Lipinski definition) is 4. The Hall–Kier alpha value is -2.95. The maximum absolute atomic E-state index is 12.0. The van der Waals surface area contributed by atoms with Crippen LogP contribution in [-0.4, -0.2) is 27.2 Å². The average Bonchev–Trinajstić information content (AvgIpc) is 2.58. The lowest BCUT2D eigenvalue weighted by molar-refractivity contribution is -0.111. The molecule has 5 heteroatoms. The van der Waals surface area contributed by atoms with E-state index in [1.54, 1.807) is 39.5 Å². The van der Waals surface area contributed by atoms with E-state index < -0.39 is 0 Å². The lowest BCUT2D eigenvalue weighted by Gasteiger charge is -2.12. The van der Waals surface area contributed by atoms with Crippen LogP contribution in [0.25, 0.3) is 6.08 Å². The average molecular weight is 327 g/mol. The molecule has 0 aliphatic rings. The van der Waals surface area contributed by atoms with E-state index in [2.05, 4.69) is 5.32 Å². The summed E-state index contributed by atoms with van der Waals surface area (Å²) in [6, 6.07) is 11.2. The van der Waals surface area contributed by atoms with Gasteiger partial charge in [0.05, 0.1) is 21.3 Å². The van der Waals surface area contributed by atoms with Gasteiger partial charge in [0.1, 0.15) is 0 Å². The number of amides is 1. The van der Waals surface area contributed by atoms with Crippen LogP contribution in [0.1, 0.15) is 11.1 Å². The van der Waals surface area contributed by atoms with Crippen molar-refractivity contribution in [2.75, 3.05) is 26.6 Å². The van der Waals surface area contributed by atoms with Crippen LogP contribution in [0.3, 0.4) is 0 Å². The predicted molar refractivity (Wildman–Crippen MR) is 94.9 cm³/mol. The number of nitrogens with one attached hydrogen (secondary N) is 1. The van der Waals surface area contributed by atoms with Crippen LogP contribution in [0.2, 0.25) is 0 Å². The van der Waals surface area contributed by atoms with Crippen LogP contribution in [-0.2, 0) is 4.79 Å². The summed E-state index contributed by atoms with van der Waals surface area (Å²) >= 11 is 0. The standard InChI is InChI=1S/C19H21NO4/c1-13-6-5-7-15(10-13)20-18(21)9-8-14-11-16(22-2)19(24-4)17(12-14)23-3/h5-12H,1-4H3,(H,20,21)/b9-8+. The molecule has 1 amide bonds. The second-order valence-electron chi connectivity index (χ2n) is 5.15. The van der Waals surface area contributed by atoms with Gasteiger partial charge in [0.25, 0.3) is 0 Å². The maximum Gasteiger partial charge on any atom is 0.248 e. The minimum Gasteiger partial charge on any atom is -0.493 e. The van der Waals surface area contributed by atoms with Gasteiger partial charge in [0.15, 0.2) is 11.5 Å². The molecule has 0 bridgehead atoms. The summed E-state index contributed by atoms with van der Waals surface area (Å²) < 4.78 is 15.9. The lowest BCUT2D eigenvalue weighted by atomic mass is 10.1. The minimum atomic E-state index is -0.214. The molecule has 24 heavy (non-hydrogen) atoms. The van der Waals surface area contributed by atoms with Crippen molar-refractivity contribution < 1.29 is 19.0 Å². The quantitative estimate of drug-likeness (QED) is 0.823. The summed E-state index contributed by atoms with van der Waals surface area (Å²) in [5, 5.41) is 2.82. The van der Waals surface area contributed by atoms with Crippen LogP contribution in [0.5, 0.6) is 17.2 Å². The number of carbonyl (C=O) groups is 1. The molecule has 0 heterocycles. The highest BCUT2D eigenvalue weighted by molar-refractivity contribution is 6.02. The molecule has 2 rings (SSSR count). The van der Waals surface area contributed by atoms with Crippen molar-refractivity contribution in [2.24, 2.45) is 0 Å². The van der Waals surface area contributed by atoms with Gasteiger partial charge in [-0.25, -0.2) is 0 Å². The number of hydrogen-bond donors (Lipinski definition) is 1. The first-order valence-electron chi connectivity index (χ1n) is 7.43. The molecular weight excluding hydrogens is 306 g/mol. The molecule has 0 radical (unpaired) electrons. The van der Waals surface area contributed by atoms with Gasteiger partial charge in [-0.05, 0) is 48.4 Å². The highest BCUT2D eigenvalue weighted by Gasteiger charge is 2.12. The largest absolute Gasteiger partial charge is 0.493 e. The number of carbonyl (C=O) groups excluding carboxylic acids is 1. The predicted octanol–water partition coefficient (Wildman–Crippen LogP) is 3.67. The molecule has 1 N–H and O–H groups in total. The first-order chi connectivity index (χ1) is 11.6. The second-order valence-corrected chi connectivity index (χ2v) is 5.15. The van der Waals surface area contributed by atoms with Crippen LogP contribution >= 0.6 is 0 Å². The molecular formula is C19H21NO4. The Morgan fingerprint density at radius 1 is 1.00 bits per heavy atom. The van der Waals surface area contributed by atoms with Gasteiger partial charge in [0, 0.05) is 11.8 Å². The Labute approximate surface area is 141 Å². The summed E-state index contributed by atoms with van der Waals surface area (Å²) in [4.78, 5) is 12.0. The monoisotopic (exact) mass is 327 g/mol. The van der Waals surface area contributed by atoms with E-state index in [0.29, 0.717) is 17.2 Å². The fourth-order valence-corrected chi connectivity index (χ4v) is 2.28. The van der Waals surface area contributed by atoms with Crippen molar-refractivity contribution >= 4 is 17.7 Å². The van der Waals surface area contributed by atoms with E-state index >= 15 is 0 Å². The molecule has 2 aromatic rings. The third-order valence-electron chi connectivity index (χ3n) is 3.40. The Morgan fingerprint density at radius 3 is 2.21 bits per heavy atom. The van der Waals surface area contributed by atoms with Crippen molar-refractivity contribution in [3.63, 3.8) is 0 Å². The number of rotatable bonds is 6. The first-order valence-corrected chi connectivity index (χ1v) is 7.43. The summed E-state index contributed by atoms with van der Waals surface area (Å²) in [7, 11) is 4.65. The maximum atomic E-state index is 12.0. The van der Waals surface area contributed by atoms with Gasteiger partial charge < -0.3 is 19.5 Å². The Bertz CT molecular complexity index is 728. The third-order valence-corrected chi connectivity index (χ3v) is 3.40. The Kier molecular flexibility index (Phi) is 5.84. The topological polar surface area (TPSA) is 56.8 Å². The lowest BCUT2D eigenvalue weighted by Crippen LogP contribution is -2.07. The van der Waals surface area contributed by atoms with Crippen molar-refractivity contribution in [1.82, 2.24) is 0 Å². The minimum absolute atomic E-state index is 0.214. The molecule has 0 saturated carbocycles. The van der Waals surface area contributed by atoms with Gasteiger partial charge in [-0.15, -0.1) is 0 Å². The van der Waals surface area contributed by atoms with Crippen molar-refractivity contribution in [3.8, 4) is 17.2 Å². The molecule has 0 unspecified atom stereocenters. The zero-order chi connectivity index (χ0) is 17.5. The number of anilines is 1. The van der Waals surface area contributed by atoms with Crippen LogP contribution in [0.4, 0.5) is 5.69 Å². The van der Waals surface area contributed by atoms with Crippen LogP contribution in [0, 0.1) is 6.92 Å². The zero-order valence-corrected chi connectivity index (χ0v) is 14.3. The molecule has 0 saturated heterocycles. The molecule has 0 aromatic heterocycles. The first kappa shape index (κ1) is 17.4. The van der Waals surface area contributed by atoms with E-state index in [0.717, 1.165) is 16.8 Å². The van der Waals surface area contributed by atoms with Gasteiger partial charge in [-0.3, -0.25) is 4.79 Å². The summed E-state index contributed by atoms with van der Waals surface area (Å²) in [6.45, 7) is 1.97. The van der Waals surface area contributed by atoms with Crippen molar-refractivity contribution in [3.05, 3.63) is 53.6 Å². The number of benzene rings is 2. The molecule has 0 aliphatic heterocycles. The van der Waals surface area contributed by atoms with E-state index in [1.165, 1.54) is 6.08 Å². The molecule has 0 atom stereocenters. The molecule has 5 nitrogen and oxygen atoms in total. The molecule has 0 spiro atoms. The Morgan fingerprint density at radius 2 is 1.67 bits per heavy atom. The molecule has 0 aliphatic carbocycles. The van der Waals surface area contributed by atoms with Gasteiger partial charge in [-0.1, -0.05) is 12.1 Å². The van der Waals surface area contributed by atoms with E-state index in [-0.39, 0.29) is 5.91 Å². The molecule has 126 valence electrons. The van der Waals surface area contributed by atoms with Gasteiger partial charge in [0.2, 0.25) is 11.7 Å². The third kappa shape index (κ3) is 4.29. The van der Waals surface area contributed by atoms with Gasteiger partial charge in [-0.2, -0.15) is 0 Å². The van der Waals surface area contributed by atoms with Crippen LogP contribution < -0.4 is 19.5 Å². The fourth-order valence-electron chi connectivity index (χ4n) is 2.28. The molecule has 2 aromatic carbocycles. The summed E-state index contributed by atoms with van der Waals surface area (Å²) in [6.07, 6.45) is 3.15. The van der Waals surface area contributed by atoms with Gasteiger partial charge >= 0.3 is 0 Å². The second kappa shape index (κ2) is 8.06. The molecule has 0 fully saturated rings. The number of methoxy groups -OCH3 is 3.